The Labute approximate surface area is 56.9 Å². The van der Waals surface area contributed by atoms with Crippen molar-refractivity contribution in [2.75, 3.05) is 13.2 Å². The first-order chi connectivity index (χ1) is 4.58. The smallest absolute Gasteiger partial charge is 0.259 e. The second-order valence-electron chi connectivity index (χ2n) is 2.30. The molecule has 0 aliphatic carbocycles. The molecule has 4 nitrogen and oxygen atoms in total. The third-order valence-electron chi connectivity index (χ3n) is 1.49. The summed E-state index contributed by atoms with van der Waals surface area (Å²) in [7, 11) is 0. The van der Waals surface area contributed by atoms with Gasteiger partial charge >= 0.3 is 0 Å². The molecule has 1 aliphatic heterocycles. The van der Waals surface area contributed by atoms with Crippen molar-refractivity contribution in [2.45, 2.75) is 18.1 Å². The van der Waals surface area contributed by atoms with Crippen molar-refractivity contribution < 1.29 is 24.4 Å². The monoisotopic (exact) mass is 152 g/mol. The number of aliphatic hydroxyl groups excluding tert-OH is 2. The molecule has 1 aliphatic rings. The predicted octanol–water partition coefficient (Wildman–Crippen LogP) is -1.60. The Morgan fingerprint density at radius 1 is 1.70 bits per heavy atom. The normalized spacial score (nSPS) is 48.0. The van der Waals surface area contributed by atoms with Crippen molar-refractivity contribution in [3.8, 4) is 0 Å². The maximum Gasteiger partial charge on any atom is 0.259 e. The fourth-order valence-corrected chi connectivity index (χ4v) is 0.838. The van der Waals surface area contributed by atoms with Gasteiger partial charge in [-0.15, -0.1) is 0 Å². The van der Waals surface area contributed by atoms with E-state index < -0.39 is 31.3 Å². The highest BCUT2D eigenvalue weighted by Crippen LogP contribution is 2.25. The van der Waals surface area contributed by atoms with E-state index in [4.69, 9.17) is 15.3 Å². The van der Waals surface area contributed by atoms with Gasteiger partial charge in [-0.3, -0.25) is 0 Å². The third kappa shape index (κ3) is 1.13. The lowest BCUT2D eigenvalue weighted by molar-refractivity contribution is -0.147. The van der Waals surface area contributed by atoms with Gasteiger partial charge in [0.05, 0.1) is 6.61 Å². The van der Waals surface area contributed by atoms with Gasteiger partial charge in [0.25, 0.3) is 5.85 Å². The Morgan fingerprint density at radius 2 is 2.30 bits per heavy atom. The molecule has 0 aromatic rings. The average Bonchev–Trinajstić information content (AvgIpc) is 2.10. The Morgan fingerprint density at radius 3 is 2.50 bits per heavy atom. The maximum absolute atomic E-state index is 12.5. The van der Waals surface area contributed by atoms with Crippen LogP contribution in [0, 0.1) is 0 Å². The Bertz CT molecular complexity index is 127. The van der Waals surface area contributed by atoms with Crippen molar-refractivity contribution in [1.29, 1.82) is 0 Å². The summed E-state index contributed by atoms with van der Waals surface area (Å²) in [4.78, 5) is 0. The van der Waals surface area contributed by atoms with Gasteiger partial charge in [-0.1, -0.05) is 0 Å². The van der Waals surface area contributed by atoms with Crippen molar-refractivity contribution in [1.82, 2.24) is 0 Å². The zero-order chi connectivity index (χ0) is 7.78. The number of rotatable bonds is 1. The summed E-state index contributed by atoms with van der Waals surface area (Å²) in [6.07, 6.45) is -2.65. The molecule has 1 fully saturated rings. The summed E-state index contributed by atoms with van der Waals surface area (Å²) in [6.45, 7) is -1.08. The maximum atomic E-state index is 12.5. The highest BCUT2D eigenvalue weighted by Gasteiger charge is 2.48. The summed E-state index contributed by atoms with van der Waals surface area (Å²) >= 11 is 0. The molecule has 3 N–H and O–H groups in total. The highest BCUT2D eigenvalue weighted by molar-refractivity contribution is 4.88. The second-order valence-corrected chi connectivity index (χ2v) is 2.30. The van der Waals surface area contributed by atoms with E-state index in [0.717, 1.165) is 0 Å². The predicted molar refractivity (Wildman–Crippen MR) is 28.9 cm³/mol. The summed E-state index contributed by atoms with van der Waals surface area (Å²) in [6, 6.07) is 0. The second kappa shape index (κ2) is 2.43. The SMILES string of the molecule is OC[C@H]1OC[C@@](O)(F)[C@H]1O. The first-order valence-electron chi connectivity index (χ1n) is 2.90. The highest BCUT2D eigenvalue weighted by atomic mass is 19.2. The van der Waals surface area contributed by atoms with E-state index in [0.29, 0.717) is 0 Å². The number of aliphatic hydroxyl groups is 3. The molecule has 5 heteroatoms. The van der Waals surface area contributed by atoms with E-state index in [2.05, 4.69) is 4.74 Å². The molecule has 3 atom stereocenters. The number of hydrogen-bond acceptors (Lipinski definition) is 4. The fourth-order valence-electron chi connectivity index (χ4n) is 0.838. The summed E-state index contributed by atoms with van der Waals surface area (Å²) in [5.74, 6) is -2.70. The van der Waals surface area contributed by atoms with E-state index in [1.54, 1.807) is 0 Å². The molecule has 0 spiro atoms. The van der Waals surface area contributed by atoms with Gasteiger partial charge in [-0.2, -0.15) is 0 Å². The van der Waals surface area contributed by atoms with Crippen LogP contribution in [-0.2, 0) is 4.74 Å². The van der Waals surface area contributed by atoms with Crippen LogP contribution < -0.4 is 0 Å². The van der Waals surface area contributed by atoms with Crippen LogP contribution in [0.4, 0.5) is 4.39 Å². The molecular formula is C5H9FO4. The molecule has 0 aromatic heterocycles. The van der Waals surface area contributed by atoms with Gasteiger partial charge in [0.15, 0.2) is 0 Å². The van der Waals surface area contributed by atoms with Crippen LogP contribution in [0.25, 0.3) is 0 Å². The summed E-state index contributed by atoms with van der Waals surface area (Å²) < 4.78 is 17.0. The molecule has 1 rings (SSSR count). The van der Waals surface area contributed by atoms with Gasteiger partial charge in [0, 0.05) is 0 Å². The lowest BCUT2D eigenvalue weighted by Crippen LogP contribution is -2.40. The molecule has 60 valence electrons. The average molecular weight is 152 g/mol. The van der Waals surface area contributed by atoms with Crippen molar-refractivity contribution >= 4 is 0 Å². The minimum absolute atomic E-state index is 0.493. The van der Waals surface area contributed by atoms with E-state index in [1.807, 2.05) is 0 Å². The molecule has 1 saturated heterocycles. The van der Waals surface area contributed by atoms with Crippen LogP contribution in [-0.4, -0.2) is 46.6 Å². The van der Waals surface area contributed by atoms with E-state index in [9.17, 15) is 4.39 Å². The van der Waals surface area contributed by atoms with Gasteiger partial charge in [-0.05, 0) is 0 Å². The zero-order valence-corrected chi connectivity index (χ0v) is 5.20. The van der Waals surface area contributed by atoms with Crippen LogP contribution in [0.1, 0.15) is 0 Å². The first kappa shape index (κ1) is 7.87. The lowest BCUT2D eigenvalue weighted by atomic mass is 10.1. The van der Waals surface area contributed by atoms with Crippen molar-refractivity contribution in [2.24, 2.45) is 0 Å². The van der Waals surface area contributed by atoms with E-state index in [-0.39, 0.29) is 0 Å². The van der Waals surface area contributed by atoms with Crippen LogP contribution in [0.3, 0.4) is 0 Å². The molecule has 0 bridgehead atoms. The summed E-state index contributed by atoms with van der Waals surface area (Å²) in [5.41, 5.74) is 0. The van der Waals surface area contributed by atoms with Crippen LogP contribution in [0.2, 0.25) is 0 Å². The van der Waals surface area contributed by atoms with Crippen LogP contribution >= 0.6 is 0 Å². The largest absolute Gasteiger partial charge is 0.394 e. The Kier molecular flexibility index (Phi) is 1.91. The molecule has 0 saturated carbocycles. The van der Waals surface area contributed by atoms with Crippen molar-refractivity contribution in [3.63, 3.8) is 0 Å². The molecule has 1 heterocycles. The standard InChI is InChI=1S/C5H9FO4/c6-5(9)2-10-3(1-7)4(5)8/h3-4,7-9H,1-2H2/t3-,4+,5+/m1/s1. The quantitative estimate of drug-likeness (QED) is 0.423. The zero-order valence-electron chi connectivity index (χ0n) is 5.20. The number of halogens is 1. The molecule has 0 aromatic carbocycles. The Hall–Kier alpha value is -0.230. The van der Waals surface area contributed by atoms with Gasteiger partial charge < -0.3 is 20.1 Å². The van der Waals surface area contributed by atoms with Crippen LogP contribution in [0.15, 0.2) is 0 Å². The summed E-state index contributed by atoms with van der Waals surface area (Å²) in [5, 5.41) is 25.8. The number of alkyl halides is 1. The minimum atomic E-state index is -2.70. The molecule has 0 unspecified atom stereocenters. The van der Waals surface area contributed by atoms with Gasteiger partial charge in [0.2, 0.25) is 0 Å². The molecule has 0 radical (unpaired) electrons. The third-order valence-corrected chi connectivity index (χ3v) is 1.49. The first-order valence-corrected chi connectivity index (χ1v) is 2.90. The number of hydrogen-bond donors (Lipinski definition) is 3. The molecular weight excluding hydrogens is 143 g/mol. The minimum Gasteiger partial charge on any atom is -0.394 e. The Balaban J connectivity index is 2.58. The topological polar surface area (TPSA) is 69.9 Å². The van der Waals surface area contributed by atoms with E-state index >= 15 is 0 Å². The number of ether oxygens (including phenoxy) is 1. The lowest BCUT2D eigenvalue weighted by Gasteiger charge is -2.15. The van der Waals surface area contributed by atoms with Crippen molar-refractivity contribution in [3.05, 3.63) is 0 Å². The van der Waals surface area contributed by atoms with Gasteiger partial charge in [0.1, 0.15) is 18.8 Å². The van der Waals surface area contributed by atoms with E-state index in [1.165, 1.54) is 0 Å². The van der Waals surface area contributed by atoms with Gasteiger partial charge in [-0.25, -0.2) is 4.39 Å². The fraction of sp³-hybridized carbons (Fsp3) is 1.00. The molecule has 10 heavy (non-hydrogen) atoms. The molecule has 0 amide bonds. The van der Waals surface area contributed by atoms with Crippen LogP contribution in [0.5, 0.6) is 0 Å².